The molecular formula is C19H22N4O8. The SMILES string of the molecule is COc1ccc(NCC(=O)NNC(=O)c2cc(OC)c(OC)c(OC)c2[N+](=O)[O-])cc1. The maximum atomic E-state index is 12.5. The molecule has 0 radical (unpaired) electrons. The van der Waals surface area contributed by atoms with Gasteiger partial charge in [0.05, 0.1) is 39.9 Å². The van der Waals surface area contributed by atoms with Crippen LogP contribution in [0.2, 0.25) is 0 Å². The maximum absolute atomic E-state index is 12.5. The van der Waals surface area contributed by atoms with Crippen molar-refractivity contribution in [1.29, 1.82) is 0 Å². The van der Waals surface area contributed by atoms with Crippen molar-refractivity contribution in [3.63, 3.8) is 0 Å². The molecule has 0 aromatic heterocycles. The molecule has 12 nitrogen and oxygen atoms in total. The third-order valence-electron chi connectivity index (χ3n) is 4.09. The van der Waals surface area contributed by atoms with Crippen molar-refractivity contribution < 1.29 is 33.5 Å². The van der Waals surface area contributed by atoms with E-state index in [9.17, 15) is 19.7 Å². The molecular weight excluding hydrogens is 412 g/mol. The first-order valence-corrected chi connectivity index (χ1v) is 8.80. The number of hydrazine groups is 1. The highest BCUT2D eigenvalue weighted by molar-refractivity contribution is 6.01. The van der Waals surface area contributed by atoms with Crippen LogP contribution in [0.25, 0.3) is 0 Å². The smallest absolute Gasteiger partial charge is 0.327 e. The number of benzene rings is 2. The van der Waals surface area contributed by atoms with Gasteiger partial charge in [-0.25, -0.2) is 0 Å². The number of ether oxygens (including phenoxy) is 4. The van der Waals surface area contributed by atoms with Crippen LogP contribution in [0.5, 0.6) is 23.0 Å². The number of nitrogens with zero attached hydrogens (tertiary/aromatic N) is 1. The lowest BCUT2D eigenvalue weighted by molar-refractivity contribution is -0.386. The fourth-order valence-electron chi connectivity index (χ4n) is 2.62. The van der Waals surface area contributed by atoms with Crippen LogP contribution in [0.4, 0.5) is 11.4 Å². The number of nitro benzene ring substituents is 1. The number of rotatable bonds is 9. The largest absolute Gasteiger partial charge is 0.497 e. The Morgan fingerprint density at radius 3 is 2.10 bits per heavy atom. The number of carbonyl (C=O) groups is 2. The molecule has 0 unspecified atom stereocenters. The Hall–Kier alpha value is -4.22. The molecule has 2 rings (SSSR count). The normalized spacial score (nSPS) is 9.94. The second-order valence-corrected chi connectivity index (χ2v) is 5.88. The molecule has 0 bridgehead atoms. The summed E-state index contributed by atoms with van der Waals surface area (Å²) in [6.45, 7) is -0.163. The molecule has 0 heterocycles. The number of amides is 2. The van der Waals surface area contributed by atoms with Gasteiger partial charge in [-0.05, 0) is 24.3 Å². The molecule has 0 aliphatic rings. The van der Waals surface area contributed by atoms with E-state index in [1.54, 1.807) is 24.3 Å². The molecule has 12 heteroatoms. The Balaban J connectivity index is 2.11. The average Bonchev–Trinajstić information content (AvgIpc) is 2.79. The summed E-state index contributed by atoms with van der Waals surface area (Å²) < 4.78 is 20.3. The fraction of sp³-hybridized carbons (Fsp3) is 0.263. The molecule has 3 N–H and O–H groups in total. The van der Waals surface area contributed by atoms with Crippen molar-refractivity contribution >= 4 is 23.2 Å². The zero-order valence-corrected chi connectivity index (χ0v) is 17.3. The number of nitro groups is 1. The molecule has 2 aromatic carbocycles. The zero-order valence-electron chi connectivity index (χ0n) is 17.3. The van der Waals surface area contributed by atoms with Gasteiger partial charge in [0.15, 0.2) is 5.75 Å². The molecule has 0 aliphatic heterocycles. The summed E-state index contributed by atoms with van der Waals surface area (Å²) in [7, 11) is 5.31. The molecule has 0 saturated heterocycles. The predicted molar refractivity (Wildman–Crippen MR) is 110 cm³/mol. The Kier molecular flexibility index (Phi) is 7.83. The van der Waals surface area contributed by atoms with Gasteiger partial charge >= 0.3 is 5.69 Å². The van der Waals surface area contributed by atoms with Crippen molar-refractivity contribution in [3.05, 3.63) is 46.0 Å². The zero-order chi connectivity index (χ0) is 23.0. The van der Waals surface area contributed by atoms with Crippen LogP contribution in [-0.4, -0.2) is 51.7 Å². The number of methoxy groups -OCH3 is 4. The Morgan fingerprint density at radius 1 is 0.935 bits per heavy atom. The van der Waals surface area contributed by atoms with E-state index in [0.717, 1.165) is 6.07 Å². The van der Waals surface area contributed by atoms with E-state index >= 15 is 0 Å². The van der Waals surface area contributed by atoms with Crippen LogP contribution >= 0.6 is 0 Å². The van der Waals surface area contributed by atoms with Crippen molar-refractivity contribution in [2.24, 2.45) is 0 Å². The Morgan fingerprint density at radius 2 is 1.58 bits per heavy atom. The van der Waals surface area contributed by atoms with Crippen molar-refractivity contribution in [1.82, 2.24) is 10.9 Å². The minimum atomic E-state index is -0.941. The molecule has 0 saturated carbocycles. The van der Waals surface area contributed by atoms with Crippen LogP contribution in [-0.2, 0) is 4.79 Å². The molecule has 0 spiro atoms. The number of anilines is 1. The lowest BCUT2D eigenvalue weighted by Gasteiger charge is -2.15. The highest BCUT2D eigenvalue weighted by Gasteiger charge is 2.32. The molecule has 0 atom stereocenters. The number of hydrogen-bond acceptors (Lipinski definition) is 9. The monoisotopic (exact) mass is 434 g/mol. The standard InChI is InChI=1S/C19H22N4O8/c1-28-12-7-5-11(6-8-12)20-10-15(24)21-22-19(25)13-9-14(29-2)17(30-3)18(31-4)16(13)23(26)27/h5-9,20H,10H2,1-4H3,(H,21,24)(H,22,25). The van der Waals surface area contributed by atoms with E-state index in [0.29, 0.717) is 11.4 Å². The second-order valence-electron chi connectivity index (χ2n) is 5.88. The summed E-state index contributed by atoms with van der Waals surface area (Å²) >= 11 is 0. The maximum Gasteiger partial charge on any atom is 0.327 e. The van der Waals surface area contributed by atoms with Gasteiger partial charge in [0.25, 0.3) is 11.8 Å². The minimum Gasteiger partial charge on any atom is -0.497 e. The highest BCUT2D eigenvalue weighted by Crippen LogP contribution is 2.46. The first kappa shape index (κ1) is 23.1. The van der Waals surface area contributed by atoms with Crippen molar-refractivity contribution in [2.45, 2.75) is 0 Å². The summed E-state index contributed by atoms with van der Waals surface area (Å²) in [4.78, 5) is 35.3. The van der Waals surface area contributed by atoms with Gasteiger partial charge in [-0.1, -0.05) is 0 Å². The molecule has 2 aromatic rings. The Bertz CT molecular complexity index is 962. The summed E-state index contributed by atoms with van der Waals surface area (Å²) in [5.74, 6) is -1.15. The van der Waals surface area contributed by atoms with Gasteiger partial charge < -0.3 is 24.3 Å². The average molecular weight is 434 g/mol. The third kappa shape index (κ3) is 5.44. The van der Waals surface area contributed by atoms with Crippen LogP contribution < -0.4 is 35.1 Å². The summed E-state index contributed by atoms with van der Waals surface area (Å²) in [6.07, 6.45) is 0. The summed E-state index contributed by atoms with van der Waals surface area (Å²) in [6, 6.07) is 7.97. The lowest BCUT2D eigenvalue weighted by atomic mass is 10.1. The molecule has 166 valence electrons. The predicted octanol–water partition coefficient (Wildman–Crippen LogP) is 1.50. The van der Waals surface area contributed by atoms with E-state index in [1.165, 1.54) is 28.4 Å². The molecule has 0 fully saturated rings. The first-order valence-electron chi connectivity index (χ1n) is 8.80. The number of nitrogens with one attached hydrogen (secondary N) is 3. The van der Waals surface area contributed by atoms with E-state index < -0.39 is 22.4 Å². The van der Waals surface area contributed by atoms with Gasteiger partial charge in [0.1, 0.15) is 11.3 Å². The van der Waals surface area contributed by atoms with Crippen LogP contribution in [0.15, 0.2) is 30.3 Å². The second kappa shape index (κ2) is 10.5. The molecule has 0 aliphatic carbocycles. The van der Waals surface area contributed by atoms with Gasteiger partial charge in [-0.2, -0.15) is 0 Å². The number of carbonyl (C=O) groups excluding carboxylic acids is 2. The quantitative estimate of drug-likeness (QED) is 0.394. The van der Waals surface area contributed by atoms with Gasteiger partial charge in [-0.15, -0.1) is 0 Å². The highest BCUT2D eigenvalue weighted by atomic mass is 16.6. The van der Waals surface area contributed by atoms with Gasteiger partial charge in [0, 0.05) is 11.8 Å². The van der Waals surface area contributed by atoms with Crippen LogP contribution in [0.3, 0.4) is 0 Å². The van der Waals surface area contributed by atoms with Gasteiger partial charge in [-0.3, -0.25) is 30.6 Å². The van der Waals surface area contributed by atoms with Gasteiger partial charge in [0.2, 0.25) is 11.5 Å². The first-order chi connectivity index (χ1) is 14.9. The summed E-state index contributed by atoms with van der Waals surface area (Å²) in [5.41, 5.74) is 3.95. The third-order valence-corrected chi connectivity index (χ3v) is 4.09. The van der Waals surface area contributed by atoms with Crippen LogP contribution in [0, 0.1) is 10.1 Å². The van der Waals surface area contributed by atoms with Crippen LogP contribution in [0.1, 0.15) is 10.4 Å². The lowest BCUT2D eigenvalue weighted by Crippen LogP contribution is -2.44. The van der Waals surface area contributed by atoms with Crippen molar-refractivity contribution in [2.75, 3.05) is 40.3 Å². The van der Waals surface area contributed by atoms with E-state index in [1.807, 2.05) is 0 Å². The Labute approximate surface area is 177 Å². The minimum absolute atomic E-state index is 0.0408. The van der Waals surface area contributed by atoms with E-state index in [2.05, 4.69) is 16.2 Å². The van der Waals surface area contributed by atoms with E-state index in [4.69, 9.17) is 18.9 Å². The van der Waals surface area contributed by atoms with Crippen molar-refractivity contribution in [3.8, 4) is 23.0 Å². The number of hydrogen-bond donors (Lipinski definition) is 3. The topological polar surface area (TPSA) is 150 Å². The fourth-order valence-corrected chi connectivity index (χ4v) is 2.62. The van der Waals surface area contributed by atoms with E-state index in [-0.39, 0.29) is 29.4 Å². The molecule has 31 heavy (non-hydrogen) atoms. The summed E-state index contributed by atoms with van der Waals surface area (Å²) in [5, 5.41) is 14.4. The molecule has 2 amide bonds.